The number of hydrogen-bond acceptors (Lipinski definition) is 2. The first kappa shape index (κ1) is 11.1. The molecule has 4 heteroatoms. The summed E-state index contributed by atoms with van der Waals surface area (Å²) in [7, 11) is 1.28. The van der Waals surface area contributed by atoms with Gasteiger partial charge in [0.25, 0.3) is 0 Å². The maximum atomic E-state index is 11.3. The van der Waals surface area contributed by atoms with E-state index in [1.54, 1.807) is 24.3 Å². The third-order valence-corrected chi connectivity index (χ3v) is 2.02. The van der Waals surface area contributed by atoms with Crippen LogP contribution >= 0.6 is 23.2 Å². The molecule has 0 bridgehead atoms. The standard InChI is InChI=1S/C10H8Cl2O2/c1-14-10(13)8(9(11)12)7-5-3-2-4-6-7/h2-6H,1H3. The molecule has 0 heterocycles. The van der Waals surface area contributed by atoms with Crippen LogP contribution in [0.4, 0.5) is 0 Å². The molecule has 1 aromatic rings. The Morgan fingerprint density at radius 2 is 1.79 bits per heavy atom. The van der Waals surface area contributed by atoms with Crippen molar-refractivity contribution in [1.82, 2.24) is 0 Å². The maximum absolute atomic E-state index is 11.3. The van der Waals surface area contributed by atoms with Crippen LogP contribution in [-0.2, 0) is 9.53 Å². The van der Waals surface area contributed by atoms with Crippen molar-refractivity contribution in [3.05, 3.63) is 40.4 Å². The van der Waals surface area contributed by atoms with Crippen LogP contribution in [0.15, 0.2) is 34.8 Å². The van der Waals surface area contributed by atoms with E-state index in [9.17, 15) is 4.79 Å². The first-order valence-electron chi connectivity index (χ1n) is 3.86. The van der Waals surface area contributed by atoms with Gasteiger partial charge in [-0.15, -0.1) is 0 Å². The van der Waals surface area contributed by atoms with E-state index in [-0.39, 0.29) is 10.1 Å². The topological polar surface area (TPSA) is 26.3 Å². The molecule has 74 valence electrons. The SMILES string of the molecule is COC(=O)C(=C(Cl)Cl)c1ccccc1. The first-order chi connectivity index (χ1) is 6.66. The van der Waals surface area contributed by atoms with E-state index in [4.69, 9.17) is 23.2 Å². The highest BCUT2D eigenvalue weighted by molar-refractivity contribution is 6.61. The predicted molar refractivity (Wildman–Crippen MR) is 57.1 cm³/mol. The van der Waals surface area contributed by atoms with Crippen LogP contribution < -0.4 is 0 Å². The largest absolute Gasteiger partial charge is 0.465 e. The summed E-state index contributed by atoms with van der Waals surface area (Å²) in [6.07, 6.45) is 0. The van der Waals surface area contributed by atoms with Gasteiger partial charge >= 0.3 is 5.97 Å². The second-order valence-corrected chi connectivity index (χ2v) is 3.44. The van der Waals surface area contributed by atoms with Crippen LogP contribution in [0.1, 0.15) is 5.56 Å². The molecule has 0 unspecified atom stereocenters. The Kier molecular flexibility index (Phi) is 3.98. The average molecular weight is 231 g/mol. The molecule has 0 aliphatic carbocycles. The number of hydrogen-bond donors (Lipinski definition) is 0. The molecule has 0 aliphatic heterocycles. The van der Waals surface area contributed by atoms with E-state index < -0.39 is 5.97 Å². The lowest BCUT2D eigenvalue weighted by Gasteiger charge is -2.04. The summed E-state index contributed by atoms with van der Waals surface area (Å²) in [5.74, 6) is -0.545. The van der Waals surface area contributed by atoms with Crippen molar-refractivity contribution in [2.75, 3.05) is 7.11 Å². The van der Waals surface area contributed by atoms with Gasteiger partial charge in [-0.2, -0.15) is 0 Å². The Hall–Kier alpha value is -0.990. The van der Waals surface area contributed by atoms with E-state index in [1.165, 1.54) is 7.11 Å². The van der Waals surface area contributed by atoms with Crippen LogP contribution in [0, 0.1) is 0 Å². The van der Waals surface area contributed by atoms with Gasteiger partial charge in [-0.05, 0) is 5.56 Å². The van der Waals surface area contributed by atoms with E-state index in [2.05, 4.69) is 4.74 Å². The lowest BCUT2D eigenvalue weighted by molar-refractivity contribution is -0.133. The summed E-state index contributed by atoms with van der Waals surface area (Å²) in [4.78, 5) is 11.3. The molecule has 0 aromatic heterocycles. The van der Waals surface area contributed by atoms with Gasteiger partial charge in [0.05, 0.1) is 12.7 Å². The number of carbonyl (C=O) groups is 1. The molecule has 0 atom stereocenters. The fraction of sp³-hybridized carbons (Fsp3) is 0.100. The molecule has 0 aliphatic rings. The molecule has 0 amide bonds. The molecule has 0 saturated heterocycles. The van der Waals surface area contributed by atoms with Gasteiger partial charge in [-0.25, -0.2) is 4.79 Å². The van der Waals surface area contributed by atoms with Crippen molar-refractivity contribution >= 4 is 34.7 Å². The van der Waals surface area contributed by atoms with Crippen molar-refractivity contribution < 1.29 is 9.53 Å². The summed E-state index contributed by atoms with van der Waals surface area (Å²) >= 11 is 11.2. The molecule has 0 spiro atoms. The minimum atomic E-state index is -0.545. The Balaban J connectivity index is 3.16. The van der Waals surface area contributed by atoms with Crippen LogP contribution in [0.5, 0.6) is 0 Å². The van der Waals surface area contributed by atoms with Crippen molar-refractivity contribution in [1.29, 1.82) is 0 Å². The molecule has 0 saturated carbocycles. The fourth-order valence-electron chi connectivity index (χ4n) is 1.01. The molecule has 0 fully saturated rings. The maximum Gasteiger partial charge on any atom is 0.340 e. The molecule has 2 nitrogen and oxygen atoms in total. The highest BCUT2D eigenvalue weighted by Gasteiger charge is 2.15. The van der Waals surface area contributed by atoms with Crippen LogP contribution in [0.3, 0.4) is 0 Å². The van der Waals surface area contributed by atoms with Gasteiger partial charge < -0.3 is 4.74 Å². The van der Waals surface area contributed by atoms with Crippen molar-refractivity contribution in [3.63, 3.8) is 0 Å². The number of carbonyl (C=O) groups excluding carboxylic acids is 1. The van der Waals surface area contributed by atoms with E-state index in [0.717, 1.165) is 0 Å². The highest BCUT2D eigenvalue weighted by atomic mass is 35.5. The number of methoxy groups -OCH3 is 1. The second kappa shape index (κ2) is 5.03. The Morgan fingerprint density at radius 3 is 2.21 bits per heavy atom. The number of ether oxygens (including phenoxy) is 1. The normalized spacial score (nSPS) is 9.36. The summed E-state index contributed by atoms with van der Waals surface area (Å²) < 4.78 is 4.47. The number of esters is 1. The molecular weight excluding hydrogens is 223 g/mol. The third kappa shape index (κ3) is 2.50. The van der Waals surface area contributed by atoms with Crippen molar-refractivity contribution in [2.24, 2.45) is 0 Å². The summed E-state index contributed by atoms with van der Waals surface area (Å²) in [6, 6.07) is 8.87. The van der Waals surface area contributed by atoms with Gasteiger partial charge in [0.2, 0.25) is 0 Å². The quantitative estimate of drug-likeness (QED) is 0.577. The highest BCUT2D eigenvalue weighted by Crippen LogP contribution is 2.25. The zero-order valence-electron chi connectivity index (χ0n) is 7.46. The zero-order valence-corrected chi connectivity index (χ0v) is 8.97. The summed E-state index contributed by atoms with van der Waals surface area (Å²) in [5.41, 5.74) is 0.816. The number of rotatable bonds is 2. The van der Waals surface area contributed by atoms with Gasteiger partial charge in [0.15, 0.2) is 0 Å². The van der Waals surface area contributed by atoms with Crippen LogP contribution in [-0.4, -0.2) is 13.1 Å². The Bertz CT molecular complexity index is 354. The van der Waals surface area contributed by atoms with E-state index in [1.807, 2.05) is 6.07 Å². The lowest BCUT2D eigenvalue weighted by Crippen LogP contribution is -2.04. The Morgan fingerprint density at radius 1 is 1.21 bits per heavy atom. The number of benzene rings is 1. The predicted octanol–water partition coefficient (Wildman–Crippen LogP) is 3.01. The summed E-state index contributed by atoms with van der Waals surface area (Å²) in [5, 5.41) is 0. The third-order valence-electron chi connectivity index (χ3n) is 1.64. The van der Waals surface area contributed by atoms with E-state index >= 15 is 0 Å². The minimum Gasteiger partial charge on any atom is -0.465 e. The van der Waals surface area contributed by atoms with Gasteiger partial charge in [-0.3, -0.25) is 0 Å². The Labute approximate surface area is 92.1 Å². The monoisotopic (exact) mass is 230 g/mol. The molecular formula is C10H8Cl2O2. The lowest BCUT2D eigenvalue weighted by atomic mass is 10.1. The summed E-state index contributed by atoms with van der Waals surface area (Å²) in [6.45, 7) is 0. The average Bonchev–Trinajstić information content (AvgIpc) is 2.19. The van der Waals surface area contributed by atoms with Gasteiger partial charge in [-0.1, -0.05) is 53.5 Å². The van der Waals surface area contributed by atoms with Crippen LogP contribution in [0.2, 0.25) is 0 Å². The van der Waals surface area contributed by atoms with Crippen molar-refractivity contribution in [3.8, 4) is 0 Å². The molecule has 0 N–H and O–H groups in total. The van der Waals surface area contributed by atoms with Crippen molar-refractivity contribution in [2.45, 2.75) is 0 Å². The molecule has 1 rings (SSSR count). The molecule has 1 aromatic carbocycles. The molecule has 0 radical (unpaired) electrons. The number of halogens is 2. The minimum absolute atomic E-state index is 0.0944. The van der Waals surface area contributed by atoms with Crippen LogP contribution in [0.25, 0.3) is 5.57 Å². The second-order valence-electron chi connectivity index (χ2n) is 2.49. The molecule has 14 heavy (non-hydrogen) atoms. The smallest absolute Gasteiger partial charge is 0.340 e. The fourth-order valence-corrected chi connectivity index (χ4v) is 1.38. The van der Waals surface area contributed by atoms with Gasteiger partial charge in [0.1, 0.15) is 4.49 Å². The van der Waals surface area contributed by atoms with E-state index in [0.29, 0.717) is 5.56 Å². The zero-order chi connectivity index (χ0) is 10.6. The first-order valence-corrected chi connectivity index (χ1v) is 4.61. The van der Waals surface area contributed by atoms with Gasteiger partial charge in [0, 0.05) is 0 Å².